The summed E-state index contributed by atoms with van der Waals surface area (Å²) in [5, 5.41) is 5.82. The van der Waals surface area contributed by atoms with Gasteiger partial charge >= 0.3 is 0 Å². The fourth-order valence-corrected chi connectivity index (χ4v) is 2.73. The monoisotopic (exact) mass is 363 g/mol. The zero-order valence-electron chi connectivity index (χ0n) is 14.3. The highest BCUT2D eigenvalue weighted by Crippen LogP contribution is 2.30. The lowest BCUT2D eigenvalue weighted by atomic mass is 9.81. The number of nitrogens with one attached hydrogen (secondary N) is 2. The molecule has 0 aliphatic heterocycles. The molecule has 7 heteroatoms. The van der Waals surface area contributed by atoms with Gasteiger partial charge in [-0.05, 0) is 43.2 Å². The Balaban J connectivity index is 2.11. The van der Waals surface area contributed by atoms with Crippen molar-refractivity contribution in [2.75, 3.05) is 17.2 Å². The van der Waals surface area contributed by atoms with Crippen LogP contribution in [0.25, 0.3) is 0 Å². The maximum Gasteiger partial charge on any atom is 0.291 e. The fourth-order valence-electron chi connectivity index (χ4n) is 2.50. The van der Waals surface area contributed by atoms with Crippen LogP contribution in [0.4, 0.5) is 11.4 Å². The molecule has 25 heavy (non-hydrogen) atoms. The molecular weight excluding hydrogens is 342 g/mol. The van der Waals surface area contributed by atoms with Crippen LogP contribution in [-0.4, -0.2) is 18.4 Å². The predicted octanol–water partition coefficient (Wildman–Crippen LogP) is 3.89. The molecule has 2 amide bonds. The van der Waals surface area contributed by atoms with Gasteiger partial charge in [0.2, 0.25) is 5.91 Å². The molecule has 0 atom stereocenters. The molecule has 0 fully saturated rings. The molecular formula is C18H22ClN3O3. The second-order valence-electron chi connectivity index (χ2n) is 5.77. The maximum absolute atomic E-state index is 12.5. The lowest BCUT2D eigenvalue weighted by Crippen LogP contribution is -2.41. The van der Waals surface area contributed by atoms with Gasteiger partial charge in [0, 0.05) is 12.2 Å². The number of halogens is 1. The van der Waals surface area contributed by atoms with E-state index in [0.717, 1.165) is 0 Å². The molecule has 1 heterocycles. The SMILES string of the molecule is CCC(CC)(CN)C(=O)Nc1ccc(NC(=O)c2ccco2)c(Cl)c1. The van der Waals surface area contributed by atoms with Crippen LogP contribution in [0.3, 0.4) is 0 Å². The first-order valence-corrected chi connectivity index (χ1v) is 8.49. The van der Waals surface area contributed by atoms with E-state index in [1.807, 2.05) is 13.8 Å². The van der Waals surface area contributed by atoms with Crippen LogP contribution in [0.5, 0.6) is 0 Å². The van der Waals surface area contributed by atoms with Gasteiger partial charge in [-0.3, -0.25) is 9.59 Å². The van der Waals surface area contributed by atoms with E-state index >= 15 is 0 Å². The Morgan fingerprint density at radius 2 is 1.92 bits per heavy atom. The summed E-state index contributed by atoms with van der Waals surface area (Å²) in [6, 6.07) is 8.07. The largest absolute Gasteiger partial charge is 0.459 e. The number of amides is 2. The summed E-state index contributed by atoms with van der Waals surface area (Å²) in [6.45, 7) is 4.16. The molecule has 0 spiro atoms. The smallest absolute Gasteiger partial charge is 0.291 e. The lowest BCUT2D eigenvalue weighted by Gasteiger charge is -2.28. The quantitative estimate of drug-likeness (QED) is 0.695. The van der Waals surface area contributed by atoms with Gasteiger partial charge in [0.05, 0.1) is 22.4 Å². The Hall–Kier alpha value is -2.31. The number of furan rings is 1. The van der Waals surface area contributed by atoms with Crippen LogP contribution in [0.15, 0.2) is 41.0 Å². The van der Waals surface area contributed by atoms with Crippen LogP contribution < -0.4 is 16.4 Å². The zero-order valence-corrected chi connectivity index (χ0v) is 15.0. The Labute approximate surface area is 151 Å². The Morgan fingerprint density at radius 1 is 1.20 bits per heavy atom. The van der Waals surface area contributed by atoms with E-state index in [4.69, 9.17) is 21.8 Å². The van der Waals surface area contributed by atoms with E-state index in [2.05, 4.69) is 10.6 Å². The van der Waals surface area contributed by atoms with E-state index < -0.39 is 11.3 Å². The van der Waals surface area contributed by atoms with E-state index in [0.29, 0.717) is 29.2 Å². The summed E-state index contributed by atoms with van der Waals surface area (Å²) in [4.78, 5) is 24.5. The lowest BCUT2D eigenvalue weighted by molar-refractivity contribution is -0.125. The maximum atomic E-state index is 12.5. The van der Waals surface area contributed by atoms with Crippen molar-refractivity contribution in [1.82, 2.24) is 0 Å². The van der Waals surface area contributed by atoms with Crippen molar-refractivity contribution in [3.63, 3.8) is 0 Å². The number of benzene rings is 1. The number of hydrogen-bond donors (Lipinski definition) is 3. The fraction of sp³-hybridized carbons (Fsp3) is 0.333. The summed E-state index contributed by atoms with van der Waals surface area (Å²) in [5.41, 5.74) is 6.17. The topological polar surface area (TPSA) is 97.4 Å². The minimum Gasteiger partial charge on any atom is -0.459 e. The van der Waals surface area contributed by atoms with Gasteiger partial charge in [-0.25, -0.2) is 0 Å². The number of carbonyl (C=O) groups is 2. The number of anilines is 2. The molecule has 0 unspecified atom stereocenters. The summed E-state index contributed by atoms with van der Waals surface area (Å²) < 4.78 is 5.03. The highest BCUT2D eigenvalue weighted by atomic mass is 35.5. The van der Waals surface area contributed by atoms with Crippen LogP contribution in [0.2, 0.25) is 5.02 Å². The van der Waals surface area contributed by atoms with Crippen molar-refractivity contribution in [2.24, 2.45) is 11.1 Å². The van der Waals surface area contributed by atoms with E-state index in [1.165, 1.54) is 6.26 Å². The van der Waals surface area contributed by atoms with Gasteiger partial charge in [-0.1, -0.05) is 25.4 Å². The van der Waals surface area contributed by atoms with Crippen molar-refractivity contribution in [1.29, 1.82) is 0 Å². The summed E-state index contributed by atoms with van der Waals surface area (Å²) >= 11 is 6.21. The average molecular weight is 364 g/mol. The summed E-state index contributed by atoms with van der Waals surface area (Å²) in [6.07, 6.45) is 2.72. The van der Waals surface area contributed by atoms with Crippen LogP contribution >= 0.6 is 11.6 Å². The third-order valence-electron chi connectivity index (χ3n) is 4.45. The van der Waals surface area contributed by atoms with Crippen molar-refractivity contribution in [3.8, 4) is 0 Å². The van der Waals surface area contributed by atoms with E-state index in [1.54, 1.807) is 30.3 Å². The third kappa shape index (κ3) is 4.21. The molecule has 0 aliphatic rings. The van der Waals surface area contributed by atoms with Gasteiger partial charge in [-0.15, -0.1) is 0 Å². The molecule has 2 aromatic rings. The molecule has 1 aromatic heterocycles. The second-order valence-corrected chi connectivity index (χ2v) is 6.18. The van der Waals surface area contributed by atoms with Gasteiger partial charge < -0.3 is 20.8 Å². The van der Waals surface area contributed by atoms with E-state index in [-0.39, 0.29) is 18.2 Å². The highest BCUT2D eigenvalue weighted by Gasteiger charge is 2.33. The van der Waals surface area contributed by atoms with Crippen LogP contribution in [0.1, 0.15) is 37.2 Å². The van der Waals surface area contributed by atoms with Crippen molar-refractivity contribution in [3.05, 3.63) is 47.4 Å². The highest BCUT2D eigenvalue weighted by molar-refractivity contribution is 6.34. The number of rotatable bonds is 7. The molecule has 0 bridgehead atoms. The van der Waals surface area contributed by atoms with Crippen molar-refractivity contribution < 1.29 is 14.0 Å². The molecule has 2 rings (SSSR count). The molecule has 1 aromatic carbocycles. The Kier molecular flexibility index (Phi) is 6.22. The number of carbonyl (C=O) groups excluding carboxylic acids is 2. The Bertz CT molecular complexity index is 732. The third-order valence-corrected chi connectivity index (χ3v) is 4.76. The summed E-state index contributed by atoms with van der Waals surface area (Å²) in [5.74, 6) is -0.349. The minimum absolute atomic E-state index is 0.136. The van der Waals surface area contributed by atoms with Crippen molar-refractivity contribution >= 4 is 34.8 Å². The predicted molar refractivity (Wildman–Crippen MR) is 98.8 cm³/mol. The normalized spacial score (nSPS) is 11.2. The second kappa shape index (κ2) is 8.18. The first kappa shape index (κ1) is 19.0. The van der Waals surface area contributed by atoms with Gasteiger partial charge in [0.25, 0.3) is 5.91 Å². The average Bonchev–Trinajstić information content (AvgIpc) is 3.14. The molecule has 0 saturated heterocycles. The van der Waals surface area contributed by atoms with Crippen LogP contribution in [0, 0.1) is 5.41 Å². The molecule has 134 valence electrons. The van der Waals surface area contributed by atoms with Crippen LogP contribution in [-0.2, 0) is 4.79 Å². The van der Waals surface area contributed by atoms with Crippen molar-refractivity contribution in [2.45, 2.75) is 26.7 Å². The molecule has 6 nitrogen and oxygen atoms in total. The van der Waals surface area contributed by atoms with Gasteiger partial charge in [0.15, 0.2) is 5.76 Å². The molecule has 0 aliphatic carbocycles. The first-order valence-electron chi connectivity index (χ1n) is 8.11. The minimum atomic E-state index is -0.599. The number of hydrogen-bond acceptors (Lipinski definition) is 4. The Morgan fingerprint density at radius 3 is 2.44 bits per heavy atom. The first-order chi connectivity index (χ1) is 12.0. The molecule has 0 radical (unpaired) electrons. The zero-order chi connectivity index (χ0) is 18.4. The standard InChI is InChI=1S/C18H22ClN3O3/c1-3-18(4-2,11-20)17(24)21-12-7-8-14(13(19)10-12)22-16(23)15-6-5-9-25-15/h5-10H,3-4,11,20H2,1-2H3,(H,21,24)(H,22,23). The van der Waals surface area contributed by atoms with E-state index in [9.17, 15) is 9.59 Å². The van der Waals surface area contributed by atoms with Gasteiger partial charge in [-0.2, -0.15) is 0 Å². The number of nitrogens with two attached hydrogens (primary N) is 1. The van der Waals surface area contributed by atoms with Gasteiger partial charge in [0.1, 0.15) is 0 Å². The summed E-state index contributed by atoms with van der Waals surface area (Å²) in [7, 11) is 0. The molecule has 0 saturated carbocycles. The molecule has 4 N–H and O–H groups in total.